The van der Waals surface area contributed by atoms with E-state index in [4.69, 9.17) is 9.47 Å². The fourth-order valence-electron chi connectivity index (χ4n) is 5.64. The lowest BCUT2D eigenvalue weighted by molar-refractivity contribution is -0.0489. The Balaban J connectivity index is 1.07. The summed E-state index contributed by atoms with van der Waals surface area (Å²) in [6.45, 7) is -0.0644. The molecule has 4 aromatic heterocycles. The van der Waals surface area contributed by atoms with E-state index in [1.54, 1.807) is 0 Å². The molecule has 6 heterocycles. The van der Waals surface area contributed by atoms with Crippen LogP contribution in [0.4, 0.5) is 11.6 Å². The summed E-state index contributed by atoms with van der Waals surface area (Å²) < 4.78 is 37.9. The minimum atomic E-state index is -2.10. The Labute approximate surface area is 283 Å². The molecule has 6 rings (SSSR count). The van der Waals surface area contributed by atoms with Gasteiger partial charge in [0.1, 0.15) is 73.7 Å². The number of aromatic nitrogens is 8. The lowest BCUT2D eigenvalue weighted by Crippen LogP contribution is -2.42. The van der Waals surface area contributed by atoms with Gasteiger partial charge in [-0.2, -0.15) is 0 Å². The van der Waals surface area contributed by atoms with E-state index in [-0.39, 0.29) is 0 Å². The molecule has 2 fully saturated rings. The van der Waals surface area contributed by atoms with E-state index in [2.05, 4.69) is 75.2 Å². The second-order valence-corrected chi connectivity index (χ2v) is 14.4. The van der Waals surface area contributed by atoms with E-state index in [1.807, 2.05) is 12.2 Å². The van der Waals surface area contributed by atoms with Crippen LogP contribution in [0.2, 0.25) is 0 Å². The van der Waals surface area contributed by atoms with Gasteiger partial charge in [0.2, 0.25) is 0 Å². The van der Waals surface area contributed by atoms with Gasteiger partial charge in [-0.1, -0.05) is 22.3 Å². The number of thiol groups is 2. The second-order valence-electron chi connectivity index (χ2n) is 10.7. The molecule has 0 amide bonds. The summed E-state index contributed by atoms with van der Waals surface area (Å²) in [6, 6.07) is -1.63. The van der Waals surface area contributed by atoms with Gasteiger partial charge < -0.3 is 40.5 Å². The molecule has 2 aliphatic rings. The van der Waals surface area contributed by atoms with Gasteiger partial charge in [0.25, 0.3) is 0 Å². The standard InChI is InChI=1S/C24H30N12O8P2S2/c37-5-11-13(33-45(41)47)17(39)23(43-11)35-9-31-15-19(27-7-29-21(15)35)25-3-1-2-4-26-20-16-22(30-8-28-20)36(10-32-16)24-18(40)14(34-46(42)48)12(6-38)44-24/h1-2,7-14,17-18,23-24,37-40H,3-6H2,(H4-2,25,26,27,28,29,30,33,34,41,42,47,48)/p+2/b2-1+/t11-,12?,13?,14-,17-,18-,23-,24?/m1/s1. The Bertz CT molecular complexity index is 1690. The average molecular weight is 743 g/mol. The first kappa shape index (κ1) is 34.9. The van der Waals surface area contributed by atoms with Crippen molar-refractivity contribution in [1.29, 1.82) is 0 Å². The zero-order valence-corrected chi connectivity index (χ0v) is 28.3. The van der Waals surface area contributed by atoms with E-state index in [9.17, 15) is 29.6 Å². The topological polar surface area (TPSA) is 269 Å². The summed E-state index contributed by atoms with van der Waals surface area (Å²) in [6.07, 6.45) is 3.42. The van der Waals surface area contributed by atoms with Crippen molar-refractivity contribution in [3.05, 3.63) is 37.5 Å². The van der Waals surface area contributed by atoms with Crippen LogP contribution in [-0.2, 0) is 18.6 Å². The summed E-state index contributed by atoms with van der Waals surface area (Å²) >= 11 is 7.69. The fourth-order valence-corrected chi connectivity index (χ4v) is 7.59. The minimum Gasteiger partial charge on any atom is -0.394 e. The molecule has 5 unspecified atom stereocenters. The number of aliphatic hydroxyl groups is 4. The third-order valence-corrected chi connectivity index (χ3v) is 9.57. The van der Waals surface area contributed by atoms with Crippen LogP contribution in [-0.4, -0.2) is 122 Å². The van der Waals surface area contributed by atoms with Gasteiger partial charge in [0, 0.05) is 13.1 Å². The number of hydrogen-bond acceptors (Lipinski definition) is 16. The number of nitrogens with zero attached hydrogens (tertiary/aromatic N) is 8. The highest BCUT2D eigenvalue weighted by Gasteiger charge is 2.49. The van der Waals surface area contributed by atoms with Crippen LogP contribution in [0.15, 0.2) is 37.5 Å². The maximum atomic E-state index is 11.6. The summed E-state index contributed by atoms with van der Waals surface area (Å²) in [5, 5.41) is 52.7. The fraction of sp³-hybridized carbons (Fsp3) is 0.500. The quantitative estimate of drug-likeness (QED) is 0.0449. The maximum Gasteiger partial charge on any atom is 0.504 e. The zero-order chi connectivity index (χ0) is 33.9. The van der Waals surface area contributed by atoms with Crippen molar-refractivity contribution >= 4 is 72.8 Å². The van der Waals surface area contributed by atoms with Crippen molar-refractivity contribution in [1.82, 2.24) is 49.2 Å². The minimum absolute atomic E-state index is 0.376. The number of aliphatic hydroxyl groups excluding tert-OH is 4. The van der Waals surface area contributed by atoms with Crippen LogP contribution in [0.1, 0.15) is 12.5 Å². The lowest BCUT2D eigenvalue weighted by Gasteiger charge is -2.17. The third kappa shape index (κ3) is 7.02. The molecule has 256 valence electrons. The summed E-state index contributed by atoms with van der Waals surface area (Å²) in [4.78, 5) is 25.9. The predicted molar refractivity (Wildman–Crippen MR) is 178 cm³/mol. The molecule has 0 saturated carbocycles. The van der Waals surface area contributed by atoms with Crippen LogP contribution in [0.3, 0.4) is 0 Å². The SMILES string of the molecule is O=[P+](S)NC1[C@@H](O)[C@H](n2cnc3c(NC/C=C/CNc4ncnc5c4ncn5C4OC(CO)[C@@H](N[P+](=O)S)[C@H]4O)ncnc32)O[C@@H]1CO. The van der Waals surface area contributed by atoms with Crippen molar-refractivity contribution in [2.24, 2.45) is 0 Å². The number of rotatable bonds is 14. The predicted octanol–water partition coefficient (Wildman–Crippen LogP) is -0.362. The molecule has 0 aliphatic carbocycles. The summed E-state index contributed by atoms with van der Waals surface area (Å²) in [5.41, 5.74) is 1.63. The van der Waals surface area contributed by atoms with Gasteiger partial charge in [-0.25, -0.2) is 29.9 Å². The number of nitrogens with one attached hydrogen (secondary N) is 4. The third-order valence-electron chi connectivity index (χ3n) is 7.84. The molecule has 8 N–H and O–H groups in total. The molecule has 10 atom stereocenters. The molecule has 0 radical (unpaired) electrons. The van der Waals surface area contributed by atoms with E-state index in [0.717, 1.165) is 0 Å². The number of imidazole rings is 2. The molecule has 0 bridgehead atoms. The van der Waals surface area contributed by atoms with Gasteiger partial charge in [-0.3, -0.25) is 9.13 Å². The van der Waals surface area contributed by atoms with Crippen molar-refractivity contribution < 1.29 is 39.0 Å². The number of anilines is 2. The van der Waals surface area contributed by atoms with E-state index in [0.29, 0.717) is 47.1 Å². The Morgan fingerprint density at radius 3 is 1.52 bits per heavy atom. The molecular formula is C24H32N12O8P2S2+2. The van der Waals surface area contributed by atoms with Crippen LogP contribution < -0.4 is 20.8 Å². The van der Waals surface area contributed by atoms with Crippen molar-refractivity contribution in [2.75, 3.05) is 36.9 Å². The van der Waals surface area contributed by atoms with E-state index >= 15 is 0 Å². The van der Waals surface area contributed by atoms with Gasteiger partial charge in [0.15, 0.2) is 46.4 Å². The lowest BCUT2D eigenvalue weighted by atomic mass is 10.1. The Morgan fingerprint density at radius 2 is 1.15 bits per heavy atom. The smallest absolute Gasteiger partial charge is 0.394 e. The zero-order valence-electron chi connectivity index (χ0n) is 24.7. The molecule has 2 aliphatic heterocycles. The van der Waals surface area contributed by atoms with Crippen molar-refractivity contribution in [2.45, 2.75) is 49.0 Å². The summed E-state index contributed by atoms with van der Waals surface area (Å²) in [7, 11) is -4.20. The summed E-state index contributed by atoms with van der Waals surface area (Å²) in [5.74, 6) is 0.884. The molecule has 0 aromatic carbocycles. The Hall–Kier alpha value is -2.98. The monoisotopic (exact) mass is 742 g/mol. The van der Waals surface area contributed by atoms with E-state index in [1.165, 1.54) is 34.4 Å². The first-order chi connectivity index (χ1) is 23.2. The van der Waals surface area contributed by atoms with Crippen molar-refractivity contribution in [3.63, 3.8) is 0 Å². The van der Waals surface area contributed by atoms with Crippen LogP contribution >= 0.6 is 38.8 Å². The van der Waals surface area contributed by atoms with Crippen LogP contribution in [0, 0.1) is 0 Å². The average Bonchev–Trinajstić information content (AvgIpc) is 3.83. The normalized spacial score (nSPS) is 28.1. The van der Waals surface area contributed by atoms with Crippen LogP contribution in [0.25, 0.3) is 22.3 Å². The highest BCUT2D eigenvalue weighted by Crippen LogP contribution is 2.37. The van der Waals surface area contributed by atoms with Gasteiger partial charge in [-0.15, -0.1) is 0 Å². The Kier molecular flexibility index (Phi) is 11.1. The van der Waals surface area contributed by atoms with Crippen molar-refractivity contribution in [3.8, 4) is 0 Å². The largest absolute Gasteiger partial charge is 0.504 e. The highest BCUT2D eigenvalue weighted by molar-refractivity contribution is 8.40. The Morgan fingerprint density at radius 1 is 0.729 bits per heavy atom. The number of fused-ring (bicyclic) bond motifs is 2. The highest BCUT2D eigenvalue weighted by atomic mass is 32.7. The van der Waals surface area contributed by atoms with E-state index < -0.39 is 76.5 Å². The van der Waals surface area contributed by atoms with Gasteiger partial charge >= 0.3 is 14.3 Å². The first-order valence-corrected chi connectivity index (χ1v) is 19.3. The molecule has 0 spiro atoms. The molecule has 20 nitrogen and oxygen atoms in total. The van der Waals surface area contributed by atoms with Gasteiger partial charge in [0.05, 0.1) is 25.9 Å². The molecule has 24 heteroatoms. The first-order valence-electron chi connectivity index (χ1n) is 14.4. The molecule has 4 aromatic rings. The maximum absolute atomic E-state index is 11.6. The number of ether oxygens (including phenoxy) is 2. The molecule has 48 heavy (non-hydrogen) atoms. The second kappa shape index (κ2) is 15.3. The van der Waals surface area contributed by atoms with Gasteiger partial charge in [-0.05, 0) is 9.13 Å². The van der Waals surface area contributed by atoms with Crippen LogP contribution in [0.5, 0.6) is 0 Å². The number of hydrogen-bond donors (Lipinski definition) is 10. The molecule has 2 saturated heterocycles. The molecular weight excluding hydrogens is 710 g/mol.